The van der Waals surface area contributed by atoms with Crippen LogP contribution in [-0.2, 0) is 6.54 Å². The van der Waals surface area contributed by atoms with Gasteiger partial charge in [-0.25, -0.2) is 4.39 Å². The molecule has 0 atom stereocenters. The Bertz CT molecular complexity index is 730. The van der Waals surface area contributed by atoms with Crippen LogP contribution in [0.4, 0.5) is 17.6 Å². The van der Waals surface area contributed by atoms with E-state index >= 15 is 0 Å². The van der Waals surface area contributed by atoms with Crippen LogP contribution in [0.1, 0.15) is 15.9 Å². The zero-order valence-electron chi connectivity index (χ0n) is 13.2. The zero-order chi connectivity index (χ0) is 18.4. The second-order valence-corrected chi connectivity index (χ2v) is 5.08. The Hall–Kier alpha value is -2.77. The summed E-state index contributed by atoms with van der Waals surface area (Å²) in [6, 6.07) is 9.61. The molecule has 0 radical (unpaired) electrons. The number of methoxy groups -OCH3 is 1. The number of ether oxygens (including phenoxy) is 2. The largest absolute Gasteiger partial charge is 0.497 e. The minimum absolute atomic E-state index is 0.0635. The highest BCUT2D eigenvalue weighted by atomic mass is 19.4. The van der Waals surface area contributed by atoms with Gasteiger partial charge in [-0.3, -0.25) is 4.79 Å². The lowest BCUT2D eigenvalue weighted by molar-refractivity contribution is -0.153. The van der Waals surface area contributed by atoms with Crippen LogP contribution in [0.2, 0.25) is 0 Å². The molecule has 25 heavy (non-hydrogen) atoms. The van der Waals surface area contributed by atoms with Crippen LogP contribution in [0.25, 0.3) is 0 Å². The predicted molar refractivity (Wildman–Crippen MR) is 82.1 cm³/mol. The van der Waals surface area contributed by atoms with Gasteiger partial charge in [0.15, 0.2) is 6.61 Å². The van der Waals surface area contributed by atoms with Gasteiger partial charge in [0, 0.05) is 12.6 Å². The lowest BCUT2D eigenvalue weighted by Crippen LogP contribution is -2.23. The van der Waals surface area contributed by atoms with Crippen molar-refractivity contribution in [3.05, 3.63) is 59.4 Å². The topological polar surface area (TPSA) is 47.6 Å². The van der Waals surface area contributed by atoms with E-state index in [9.17, 15) is 22.4 Å². The molecule has 134 valence electrons. The fourth-order valence-electron chi connectivity index (χ4n) is 1.95. The van der Waals surface area contributed by atoms with Crippen molar-refractivity contribution in [2.45, 2.75) is 12.7 Å². The van der Waals surface area contributed by atoms with Crippen LogP contribution in [0.5, 0.6) is 11.5 Å². The van der Waals surface area contributed by atoms with Gasteiger partial charge in [0.25, 0.3) is 5.91 Å². The van der Waals surface area contributed by atoms with Crippen molar-refractivity contribution in [2.24, 2.45) is 0 Å². The van der Waals surface area contributed by atoms with Crippen molar-refractivity contribution in [1.29, 1.82) is 0 Å². The summed E-state index contributed by atoms with van der Waals surface area (Å²) in [7, 11) is 1.39. The van der Waals surface area contributed by atoms with E-state index in [1.54, 1.807) is 0 Å². The van der Waals surface area contributed by atoms with Gasteiger partial charge in [-0.15, -0.1) is 0 Å². The summed E-state index contributed by atoms with van der Waals surface area (Å²) >= 11 is 0. The van der Waals surface area contributed by atoms with Gasteiger partial charge in [-0.1, -0.05) is 12.1 Å². The van der Waals surface area contributed by atoms with Gasteiger partial charge >= 0.3 is 6.18 Å². The average Bonchev–Trinajstić information content (AvgIpc) is 2.58. The van der Waals surface area contributed by atoms with Crippen molar-refractivity contribution in [3.63, 3.8) is 0 Å². The third-order valence-corrected chi connectivity index (χ3v) is 3.20. The third-order valence-electron chi connectivity index (χ3n) is 3.20. The molecule has 0 fully saturated rings. The number of hydrogen-bond donors (Lipinski definition) is 1. The van der Waals surface area contributed by atoms with Crippen LogP contribution in [0.15, 0.2) is 42.5 Å². The van der Waals surface area contributed by atoms with Gasteiger partial charge in [0.05, 0.1) is 12.7 Å². The third kappa shape index (κ3) is 5.66. The second-order valence-electron chi connectivity index (χ2n) is 5.08. The molecule has 0 bridgehead atoms. The first-order chi connectivity index (χ1) is 11.8. The molecule has 0 saturated heterocycles. The number of amides is 1. The molecule has 8 heteroatoms. The molecule has 4 nitrogen and oxygen atoms in total. The molecule has 1 N–H and O–H groups in total. The maximum absolute atomic E-state index is 13.8. The SMILES string of the molecule is COc1ccc(C(=O)NCc2ccc(OCC(F)(F)F)cc2)c(F)c1. The predicted octanol–water partition coefficient (Wildman–Crippen LogP) is 3.71. The number of carbonyl (C=O) groups excluding carboxylic acids is 1. The van der Waals surface area contributed by atoms with Crippen LogP contribution >= 0.6 is 0 Å². The van der Waals surface area contributed by atoms with Gasteiger partial charge in [-0.05, 0) is 29.8 Å². The highest BCUT2D eigenvalue weighted by Gasteiger charge is 2.28. The molecular formula is C17H15F4NO3. The molecule has 0 aliphatic carbocycles. The Labute approximate surface area is 141 Å². The molecule has 1 amide bonds. The molecule has 2 aromatic carbocycles. The molecule has 0 aliphatic rings. The van der Waals surface area contributed by atoms with Crippen LogP contribution in [0.3, 0.4) is 0 Å². The van der Waals surface area contributed by atoms with E-state index in [1.165, 1.54) is 43.5 Å². The first-order valence-electron chi connectivity index (χ1n) is 7.19. The summed E-state index contributed by atoms with van der Waals surface area (Å²) in [4.78, 5) is 12.0. The van der Waals surface area contributed by atoms with Gasteiger partial charge < -0.3 is 14.8 Å². The van der Waals surface area contributed by atoms with Crippen LogP contribution in [0, 0.1) is 5.82 Å². The minimum Gasteiger partial charge on any atom is -0.497 e. The molecule has 0 saturated carbocycles. The van der Waals surface area contributed by atoms with E-state index < -0.39 is 24.5 Å². The number of alkyl halides is 3. The monoisotopic (exact) mass is 357 g/mol. The fourth-order valence-corrected chi connectivity index (χ4v) is 1.95. The van der Waals surface area contributed by atoms with Gasteiger partial charge in [0.2, 0.25) is 0 Å². The number of carbonyl (C=O) groups is 1. The molecule has 0 aliphatic heterocycles. The van der Waals surface area contributed by atoms with E-state index in [1.807, 2.05) is 0 Å². The summed E-state index contributed by atoms with van der Waals surface area (Å²) in [6.07, 6.45) is -4.41. The van der Waals surface area contributed by atoms with E-state index in [2.05, 4.69) is 10.1 Å². The first-order valence-corrected chi connectivity index (χ1v) is 7.19. The van der Waals surface area contributed by atoms with Crippen molar-refractivity contribution < 1.29 is 31.8 Å². The van der Waals surface area contributed by atoms with E-state index in [0.717, 1.165) is 6.07 Å². The summed E-state index contributed by atoms with van der Waals surface area (Å²) in [6.45, 7) is -1.29. The number of rotatable bonds is 6. The smallest absolute Gasteiger partial charge is 0.422 e. The van der Waals surface area contributed by atoms with Crippen molar-refractivity contribution in [2.75, 3.05) is 13.7 Å². The van der Waals surface area contributed by atoms with E-state index in [4.69, 9.17) is 4.74 Å². The molecular weight excluding hydrogens is 342 g/mol. The normalized spacial score (nSPS) is 11.1. The standard InChI is InChI=1S/C17H15F4NO3/c1-24-13-6-7-14(15(18)8-13)16(23)22-9-11-2-4-12(5-3-11)25-10-17(19,20)21/h2-8H,9-10H2,1H3,(H,22,23). The second kappa shape index (κ2) is 7.87. The van der Waals surface area contributed by atoms with Crippen LogP contribution < -0.4 is 14.8 Å². The summed E-state index contributed by atoms with van der Waals surface area (Å²) in [5, 5.41) is 2.53. The molecule has 2 aromatic rings. The molecule has 2 rings (SSSR count). The highest BCUT2D eigenvalue weighted by molar-refractivity contribution is 5.94. The van der Waals surface area contributed by atoms with Crippen LogP contribution in [-0.4, -0.2) is 25.8 Å². The minimum atomic E-state index is -4.41. The summed E-state index contributed by atoms with van der Waals surface area (Å²) in [5.41, 5.74) is 0.493. The Kier molecular flexibility index (Phi) is 5.84. The van der Waals surface area contributed by atoms with Crippen molar-refractivity contribution in [1.82, 2.24) is 5.32 Å². The average molecular weight is 357 g/mol. The number of halogens is 4. The van der Waals surface area contributed by atoms with Gasteiger partial charge in [0.1, 0.15) is 17.3 Å². The highest BCUT2D eigenvalue weighted by Crippen LogP contribution is 2.19. The molecule has 0 unspecified atom stereocenters. The Balaban J connectivity index is 1.91. The van der Waals surface area contributed by atoms with Crippen molar-refractivity contribution in [3.8, 4) is 11.5 Å². The summed E-state index contributed by atoms with van der Waals surface area (Å²) in [5.74, 6) is -0.970. The maximum atomic E-state index is 13.8. The Morgan fingerprint density at radius 1 is 1.08 bits per heavy atom. The Morgan fingerprint density at radius 3 is 2.28 bits per heavy atom. The molecule has 0 spiro atoms. The number of nitrogens with one attached hydrogen (secondary N) is 1. The van der Waals surface area contributed by atoms with E-state index in [0.29, 0.717) is 11.3 Å². The summed E-state index contributed by atoms with van der Waals surface area (Å²) < 4.78 is 59.4. The first kappa shape index (κ1) is 18.6. The quantitative estimate of drug-likeness (QED) is 0.802. The lowest BCUT2D eigenvalue weighted by Gasteiger charge is -2.10. The number of benzene rings is 2. The van der Waals surface area contributed by atoms with E-state index in [-0.39, 0.29) is 17.9 Å². The van der Waals surface area contributed by atoms with Crippen molar-refractivity contribution >= 4 is 5.91 Å². The lowest BCUT2D eigenvalue weighted by atomic mass is 10.1. The maximum Gasteiger partial charge on any atom is 0.422 e. The molecule has 0 heterocycles. The zero-order valence-corrected chi connectivity index (χ0v) is 13.2. The fraction of sp³-hybridized carbons (Fsp3) is 0.235. The molecule has 0 aromatic heterocycles. The number of hydrogen-bond acceptors (Lipinski definition) is 3. The van der Waals surface area contributed by atoms with Gasteiger partial charge in [-0.2, -0.15) is 13.2 Å². The Morgan fingerprint density at radius 2 is 1.72 bits per heavy atom.